The first-order valence-electron chi connectivity index (χ1n) is 12.5. The number of hydrogen-bond donors (Lipinski definition) is 0. The quantitative estimate of drug-likeness (QED) is 0.142. The molecule has 0 saturated carbocycles. The van der Waals surface area contributed by atoms with Crippen molar-refractivity contribution in [2.45, 2.75) is 117 Å². The second-order valence-electron chi connectivity index (χ2n) is 9.24. The van der Waals surface area contributed by atoms with Crippen molar-refractivity contribution in [1.82, 2.24) is 4.90 Å². The predicted molar refractivity (Wildman–Crippen MR) is 126 cm³/mol. The maximum absolute atomic E-state index is 12.5. The molecule has 7 heteroatoms. The fraction of sp³-hybridized carbons (Fsp3) is 0.880. The summed E-state index contributed by atoms with van der Waals surface area (Å²) >= 11 is 0. The van der Waals surface area contributed by atoms with Crippen molar-refractivity contribution in [3.05, 3.63) is 0 Å². The monoisotopic (exact) mass is 457 g/mol. The van der Waals surface area contributed by atoms with Gasteiger partial charge in [0.2, 0.25) is 0 Å². The molecule has 0 saturated heterocycles. The summed E-state index contributed by atoms with van der Waals surface area (Å²) in [4.78, 5) is 37.7. The van der Waals surface area contributed by atoms with Crippen molar-refractivity contribution in [1.29, 1.82) is 0 Å². The van der Waals surface area contributed by atoms with E-state index in [4.69, 9.17) is 14.2 Å². The van der Waals surface area contributed by atoms with E-state index in [0.29, 0.717) is 12.8 Å². The van der Waals surface area contributed by atoms with E-state index in [1.54, 1.807) is 20.8 Å². The van der Waals surface area contributed by atoms with Gasteiger partial charge in [-0.25, -0.2) is 4.79 Å². The van der Waals surface area contributed by atoms with Gasteiger partial charge in [0, 0.05) is 12.8 Å². The number of hydrogen-bond acceptors (Lipinski definition) is 6. The van der Waals surface area contributed by atoms with Crippen LogP contribution >= 0.6 is 0 Å². The van der Waals surface area contributed by atoms with E-state index in [1.165, 1.54) is 30.6 Å². The van der Waals surface area contributed by atoms with Crippen LogP contribution < -0.4 is 0 Å². The van der Waals surface area contributed by atoms with Gasteiger partial charge in [0.25, 0.3) is 0 Å². The van der Waals surface area contributed by atoms with Crippen molar-refractivity contribution >= 4 is 18.0 Å². The molecule has 0 rings (SSSR count). The minimum Gasteiger partial charge on any atom is -0.464 e. The summed E-state index contributed by atoms with van der Waals surface area (Å²) in [6, 6.07) is 0. The zero-order valence-electron chi connectivity index (χ0n) is 21.2. The largest absolute Gasteiger partial charge is 0.464 e. The number of carbonyl (C=O) groups excluding carboxylic acids is 3. The van der Waals surface area contributed by atoms with Crippen molar-refractivity contribution in [2.75, 3.05) is 26.3 Å². The van der Waals surface area contributed by atoms with E-state index in [1.807, 2.05) is 0 Å². The van der Waals surface area contributed by atoms with Crippen LogP contribution in [0.2, 0.25) is 0 Å². The molecule has 0 bridgehead atoms. The molecule has 0 radical (unpaired) electrons. The number of ether oxygens (including phenoxy) is 3. The second-order valence-corrected chi connectivity index (χ2v) is 9.24. The average Bonchev–Trinajstić information content (AvgIpc) is 2.71. The lowest BCUT2D eigenvalue weighted by molar-refractivity contribution is -0.144. The summed E-state index contributed by atoms with van der Waals surface area (Å²) in [5.74, 6) is -0.500. The summed E-state index contributed by atoms with van der Waals surface area (Å²) < 4.78 is 16.0. The number of carbonyl (C=O) groups is 3. The first-order valence-corrected chi connectivity index (χ1v) is 12.5. The molecule has 0 aliphatic carbocycles. The van der Waals surface area contributed by atoms with Gasteiger partial charge in [-0.3, -0.25) is 9.59 Å². The van der Waals surface area contributed by atoms with Crippen LogP contribution in [-0.4, -0.2) is 54.8 Å². The van der Waals surface area contributed by atoms with E-state index in [-0.39, 0.29) is 38.2 Å². The molecule has 0 aliphatic heterocycles. The molecular weight excluding hydrogens is 410 g/mol. The lowest BCUT2D eigenvalue weighted by atomic mass is 10.1. The van der Waals surface area contributed by atoms with Crippen LogP contribution in [0.15, 0.2) is 0 Å². The van der Waals surface area contributed by atoms with Crippen molar-refractivity contribution in [2.24, 2.45) is 0 Å². The highest BCUT2D eigenvalue weighted by atomic mass is 16.6. The lowest BCUT2D eigenvalue weighted by Gasteiger charge is -2.27. The molecule has 0 fully saturated rings. The number of amides is 1. The molecule has 188 valence electrons. The standard InChI is InChI=1S/C25H47NO6/c1-6-8-10-12-14-16-22(27)30-20-18-26(24(29)32-25(3,4)5)19-21-31-23(28)17-15-13-11-9-7-2/h6-21H2,1-5H3. The van der Waals surface area contributed by atoms with Crippen molar-refractivity contribution < 1.29 is 28.6 Å². The highest BCUT2D eigenvalue weighted by Gasteiger charge is 2.22. The van der Waals surface area contributed by atoms with Crippen LogP contribution in [0.1, 0.15) is 112 Å². The third-order valence-electron chi connectivity index (χ3n) is 4.87. The van der Waals surface area contributed by atoms with E-state index >= 15 is 0 Å². The topological polar surface area (TPSA) is 82.1 Å². The third kappa shape index (κ3) is 18.9. The zero-order valence-corrected chi connectivity index (χ0v) is 21.2. The molecular formula is C25H47NO6. The van der Waals surface area contributed by atoms with Crippen LogP contribution in [-0.2, 0) is 23.8 Å². The van der Waals surface area contributed by atoms with Crippen LogP contribution in [0, 0.1) is 0 Å². The van der Waals surface area contributed by atoms with Gasteiger partial charge in [0.1, 0.15) is 18.8 Å². The Balaban J connectivity index is 4.32. The molecule has 0 aromatic carbocycles. The van der Waals surface area contributed by atoms with E-state index in [2.05, 4.69) is 13.8 Å². The Hall–Kier alpha value is -1.79. The number of nitrogens with zero attached hydrogens (tertiary/aromatic N) is 1. The predicted octanol–water partition coefficient (Wildman–Crippen LogP) is 6.03. The van der Waals surface area contributed by atoms with E-state index in [0.717, 1.165) is 38.5 Å². The smallest absolute Gasteiger partial charge is 0.410 e. The van der Waals surface area contributed by atoms with Gasteiger partial charge in [0.05, 0.1) is 13.1 Å². The van der Waals surface area contributed by atoms with Gasteiger partial charge in [0.15, 0.2) is 0 Å². The average molecular weight is 458 g/mol. The Morgan fingerprint density at radius 1 is 0.656 bits per heavy atom. The fourth-order valence-corrected chi connectivity index (χ4v) is 3.05. The Kier molecular flexibility index (Phi) is 17.7. The molecule has 0 spiro atoms. The molecule has 1 amide bonds. The van der Waals surface area contributed by atoms with Crippen molar-refractivity contribution in [3.63, 3.8) is 0 Å². The molecule has 0 aliphatic rings. The summed E-state index contributed by atoms with van der Waals surface area (Å²) in [7, 11) is 0. The van der Waals surface area contributed by atoms with Gasteiger partial charge in [-0.1, -0.05) is 65.2 Å². The van der Waals surface area contributed by atoms with Crippen LogP contribution in [0.5, 0.6) is 0 Å². The molecule has 0 aromatic rings. The highest BCUT2D eigenvalue weighted by molar-refractivity contribution is 5.70. The maximum atomic E-state index is 12.5. The minimum absolute atomic E-state index is 0.0956. The highest BCUT2D eigenvalue weighted by Crippen LogP contribution is 2.11. The van der Waals surface area contributed by atoms with Gasteiger partial charge in [-0.15, -0.1) is 0 Å². The lowest BCUT2D eigenvalue weighted by Crippen LogP contribution is -2.41. The van der Waals surface area contributed by atoms with Gasteiger partial charge in [-0.2, -0.15) is 0 Å². The molecule has 0 atom stereocenters. The molecule has 7 nitrogen and oxygen atoms in total. The maximum Gasteiger partial charge on any atom is 0.410 e. The summed E-state index contributed by atoms with van der Waals surface area (Å²) in [5.41, 5.74) is -0.639. The Bertz CT molecular complexity index is 483. The Labute approximate surface area is 195 Å². The molecule has 0 unspecified atom stereocenters. The Morgan fingerprint density at radius 3 is 1.44 bits per heavy atom. The number of unbranched alkanes of at least 4 members (excludes halogenated alkanes) is 8. The van der Waals surface area contributed by atoms with Crippen LogP contribution in [0.4, 0.5) is 4.79 Å². The van der Waals surface area contributed by atoms with Gasteiger partial charge < -0.3 is 19.1 Å². The summed E-state index contributed by atoms with van der Waals surface area (Å²) in [5, 5.41) is 0. The number of esters is 2. The summed E-state index contributed by atoms with van der Waals surface area (Å²) in [6.45, 7) is 10.3. The fourth-order valence-electron chi connectivity index (χ4n) is 3.05. The summed E-state index contributed by atoms with van der Waals surface area (Å²) in [6.07, 6.45) is 10.9. The molecule has 0 aromatic heterocycles. The van der Waals surface area contributed by atoms with E-state index < -0.39 is 11.7 Å². The molecule has 0 N–H and O–H groups in total. The number of rotatable bonds is 18. The SMILES string of the molecule is CCCCCCCC(=O)OCCN(CCOC(=O)CCCCCCC)C(=O)OC(C)(C)C. The van der Waals surface area contributed by atoms with Gasteiger partial charge >= 0.3 is 18.0 Å². The van der Waals surface area contributed by atoms with Crippen molar-refractivity contribution in [3.8, 4) is 0 Å². The molecule has 32 heavy (non-hydrogen) atoms. The second kappa shape index (κ2) is 18.8. The first kappa shape index (κ1) is 30.2. The minimum atomic E-state index is -0.639. The van der Waals surface area contributed by atoms with Gasteiger partial charge in [-0.05, 0) is 33.6 Å². The zero-order chi connectivity index (χ0) is 24.2. The third-order valence-corrected chi connectivity index (χ3v) is 4.87. The van der Waals surface area contributed by atoms with E-state index in [9.17, 15) is 14.4 Å². The Morgan fingerprint density at radius 2 is 1.06 bits per heavy atom. The normalized spacial score (nSPS) is 11.2. The van der Waals surface area contributed by atoms with Crippen LogP contribution in [0.3, 0.4) is 0 Å². The first-order chi connectivity index (χ1) is 15.2. The molecule has 0 heterocycles. The van der Waals surface area contributed by atoms with Crippen LogP contribution in [0.25, 0.3) is 0 Å².